The fraction of sp³-hybridized carbons (Fsp3) is 0.688. The van der Waals surface area contributed by atoms with Crippen LogP contribution < -0.4 is 10.6 Å². The molecule has 0 amide bonds. The minimum atomic E-state index is -1.43. The second-order valence-electron chi connectivity index (χ2n) is 5.40. The molecule has 2 atom stereocenters. The summed E-state index contributed by atoms with van der Waals surface area (Å²) in [5, 5.41) is 6.33. The van der Waals surface area contributed by atoms with Crippen molar-refractivity contribution in [2.75, 3.05) is 19.6 Å². The summed E-state index contributed by atoms with van der Waals surface area (Å²) in [6, 6.07) is 0. The van der Waals surface area contributed by atoms with Gasteiger partial charge in [-0.15, -0.1) is 0 Å². The molecule has 1 aliphatic rings. The lowest BCUT2D eigenvalue weighted by molar-refractivity contribution is -0.123. The molecule has 2 N–H and O–H groups in total. The molecule has 114 valence electrons. The normalized spacial score (nSPS) is 20.1. The van der Waals surface area contributed by atoms with Crippen LogP contribution >= 0.6 is 0 Å². The Kier molecular flexibility index (Phi) is 7.52. The predicted molar refractivity (Wildman–Crippen MR) is 81.3 cm³/mol. The highest BCUT2D eigenvalue weighted by Crippen LogP contribution is 2.17. The fourth-order valence-electron chi connectivity index (χ4n) is 2.38. The number of Topliss-reactive ketones (excluding diaryl/α,β-unsaturated/α-hetero) is 1. The van der Waals surface area contributed by atoms with E-state index in [0.29, 0.717) is 12.8 Å². The SMILES string of the molecule is C=C(NCC(F)C(=O)CCC)C1C=C(CCC)CNC1. The van der Waals surface area contributed by atoms with Gasteiger partial charge in [-0.3, -0.25) is 4.79 Å². The van der Waals surface area contributed by atoms with Crippen LogP contribution in [0.1, 0.15) is 39.5 Å². The quantitative estimate of drug-likeness (QED) is 0.639. The van der Waals surface area contributed by atoms with Gasteiger partial charge in [0.2, 0.25) is 0 Å². The predicted octanol–water partition coefficient (Wildman–Crippen LogP) is 2.74. The monoisotopic (exact) mass is 282 g/mol. The number of carbonyl (C=O) groups excluding carboxylic acids is 1. The van der Waals surface area contributed by atoms with Crippen molar-refractivity contribution in [2.24, 2.45) is 5.92 Å². The number of rotatable bonds is 9. The second-order valence-corrected chi connectivity index (χ2v) is 5.40. The van der Waals surface area contributed by atoms with E-state index in [2.05, 4.69) is 30.2 Å². The first-order valence-electron chi connectivity index (χ1n) is 7.58. The molecule has 4 heteroatoms. The molecule has 0 bridgehead atoms. The van der Waals surface area contributed by atoms with Crippen molar-refractivity contribution in [1.82, 2.24) is 10.6 Å². The van der Waals surface area contributed by atoms with Gasteiger partial charge in [0.25, 0.3) is 0 Å². The maximum atomic E-state index is 13.6. The van der Waals surface area contributed by atoms with Crippen LogP contribution in [-0.2, 0) is 4.79 Å². The molecule has 1 rings (SSSR count). The van der Waals surface area contributed by atoms with E-state index in [9.17, 15) is 9.18 Å². The Labute approximate surface area is 121 Å². The number of ketones is 1. The van der Waals surface area contributed by atoms with Crippen molar-refractivity contribution in [3.63, 3.8) is 0 Å². The largest absolute Gasteiger partial charge is 0.385 e. The molecule has 0 aromatic carbocycles. The number of halogens is 1. The molecule has 0 radical (unpaired) electrons. The van der Waals surface area contributed by atoms with Crippen molar-refractivity contribution < 1.29 is 9.18 Å². The lowest BCUT2D eigenvalue weighted by Crippen LogP contribution is -2.36. The van der Waals surface area contributed by atoms with E-state index in [1.54, 1.807) is 0 Å². The highest BCUT2D eigenvalue weighted by molar-refractivity contribution is 5.83. The lowest BCUT2D eigenvalue weighted by atomic mass is 9.96. The molecule has 0 saturated heterocycles. The third kappa shape index (κ3) is 5.45. The molecule has 0 fully saturated rings. The van der Waals surface area contributed by atoms with Gasteiger partial charge in [0.1, 0.15) is 0 Å². The Morgan fingerprint density at radius 1 is 1.55 bits per heavy atom. The fourth-order valence-corrected chi connectivity index (χ4v) is 2.38. The molecule has 20 heavy (non-hydrogen) atoms. The Morgan fingerprint density at radius 2 is 2.30 bits per heavy atom. The first-order chi connectivity index (χ1) is 9.58. The van der Waals surface area contributed by atoms with Crippen LogP contribution in [0, 0.1) is 5.92 Å². The van der Waals surface area contributed by atoms with E-state index < -0.39 is 6.17 Å². The molecule has 3 nitrogen and oxygen atoms in total. The topological polar surface area (TPSA) is 41.1 Å². The van der Waals surface area contributed by atoms with Gasteiger partial charge in [0.05, 0.1) is 6.54 Å². The van der Waals surface area contributed by atoms with Crippen molar-refractivity contribution in [1.29, 1.82) is 0 Å². The maximum absolute atomic E-state index is 13.6. The lowest BCUT2D eigenvalue weighted by Gasteiger charge is -2.25. The number of hydrogen-bond donors (Lipinski definition) is 2. The maximum Gasteiger partial charge on any atom is 0.175 e. The zero-order chi connectivity index (χ0) is 15.0. The Balaban J connectivity index is 2.42. The molecule has 0 saturated carbocycles. The van der Waals surface area contributed by atoms with E-state index >= 15 is 0 Å². The van der Waals surface area contributed by atoms with Gasteiger partial charge in [0.15, 0.2) is 12.0 Å². The molecule has 0 spiro atoms. The van der Waals surface area contributed by atoms with Crippen LogP contribution in [0.25, 0.3) is 0 Å². The number of carbonyl (C=O) groups is 1. The summed E-state index contributed by atoms with van der Waals surface area (Å²) in [6.45, 7) is 9.79. The van der Waals surface area contributed by atoms with Crippen LogP contribution in [0.4, 0.5) is 4.39 Å². The summed E-state index contributed by atoms with van der Waals surface area (Å²) < 4.78 is 13.6. The minimum Gasteiger partial charge on any atom is -0.385 e. The number of nitrogens with one attached hydrogen (secondary N) is 2. The van der Waals surface area contributed by atoms with Gasteiger partial charge in [-0.25, -0.2) is 4.39 Å². The average molecular weight is 282 g/mol. The zero-order valence-corrected chi connectivity index (χ0v) is 12.7. The van der Waals surface area contributed by atoms with Crippen LogP contribution in [-0.4, -0.2) is 31.6 Å². The number of hydrogen-bond acceptors (Lipinski definition) is 3. The van der Waals surface area contributed by atoms with E-state index in [0.717, 1.165) is 31.6 Å². The molecule has 1 heterocycles. The average Bonchev–Trinajstić information content (AvgIpc) is 2.45. The van der Waals surface area contributed by atoms with Crippen molar-refractivity contribution in [3.8, 4) is 0 Å². The first kappa shape index (κ1) is 16.9. The standard InChI is InChI=1S/C16H27FN2O/c1-4-6-13-8-14(10-18-9-13)12(3)19-11-15(17)16(20)7-5-2/h8,14-15,18-19H,3-7,9-11H2,1-2H3. The van der Waals surface area contributed by atoms with Crippen LogP contribution in [0.5, 0.6) is 0 Å². The highest BCUT2D eigenvalue weighted by Gasteiger charge is 2.19. The van der Waals surface area contributed by atoms with Gasteiger partial charge in [-0.2, -0.15) is 0 Å². The Hall–Kier alpha value is -1.16. The van der Waals surface area contributed by atoms with Crippen molar-refractivity contribution in [3.05, 3.63) is 23.9 Å². The summed E-state index contributed by atoms with van der Waals surface area (Å²) in [4.78, 5) is 11.4. The Bertz CT molecular complexity index is 365. The molecule has 0 aromatic heterocycles. The molecule has 0 aromatic rings. The van der Waals surface area contributed by atoms with E-state index in [-0.39, 0.29) is 18.2 Å². The molecular formula is C16H27FN2O. The molecule has 0 aliphatic carbocycles. The van der Waals surface area contributed by atoms with Crippen LogP contribution in [0.15, 0.2) is 23.9 Å². The minimum absolute atomic E-state index is 0.0329. The summed E-state index contributed by atoms with van der Waals surface area (Å²) in [5.74, 6) is -0.143. The van der Waals surface area contributed by atoms with Crippen molar-refractivity contribution >= 4 is 5.78 Å². The summed E-state index contributed by atoms with van der Waals surface area (Å²) in [5.41, 5.74) is 2.17. The molecule has 1 aliphatic heterocycles. The van der Waals surface area contributed by atoms with Gasteiger partial charge in [-0.05, 0) is 12.8 Å². The van der Waals surface area contributed by atoms with Crippen LogP contribution in [0.2, 0.25) is 0 Å². The molecular weight excluding hydrogens is 255 g/mol. The highest BCUT2D eigenvalue weighted by atomic mass is 19.1. The van der Waals surface area contributed by atoms with Gasteiger partial charge >= 0.3 is 0 Å². The van der Waals surface area contributed by atoms with Crippen molar-refractivity contribution in [2.45, 2.75) is 45.7 Å². The third-order valence-electron chi connectivity index (χ3n) is 3.53. The second kappa shape index (κ2) is 8.90. The zero-order valence-electron chi connectivity index (χ0n) is 12.7. The van der Waals surface area contributed by atoms with Crippen LogP contribution in [0.3, 0.4) is 0 Å². The number of alkyl halides is 1. The van der Waals surface area contributed by atoms with Gasteiger partial charge in [0, 0.05) is 31.1 Å². The molecule has 2 unspecified atom stereocenters. The van der Waals surface area contributed by atoms with E-state index in [4.69, 9.17) is 0 Å². The summed E-state index contributed by atoms with van der Waals surface area (Å²) in [7, 11) is 0. The third-order valence-corrected chi connectivity index (χ3v) is 3.53. The summed E-state index contributed by atoms with van der Waals surface area (Å²) >= 11 is 0. The first-order valence-corrected chi connectivity index (χ1v) is 7.58. The summed E-state index contributed by atoms with van der Waals surface area (Å²) in [6.07, 6.45) is 3.99. The Morgan fingerprint density at radius 3 is 2.95 bits per heavy atom. The van der Waals surface area contributed by atoms with E-state index in [1.165, 1.54) is 5.57 Å². The van der Waals surface area contributed by atoms with Gasteiger partial charge in [-0.1, -0.05) is 38.5 Å². The smallest absolute Gasteiger partial charge is 0.175 e. The van der Waals surface area contributed by atoms with E-state index in [1.807, 2.05) is 6.92 Å². The van der Waals surface area contributed by atoms with Gasteiger partial charge < -0.3 is 10.6 Å².